The van der Waals surface area contributed by atoms with Gasteiger partial charge in [0.25, 0.3) is 0 Å². The zero-order valence-corrected chi connectivity index (χ0v) is 11.7. The van der Waals surface area contributed by atoms with Gasteiger partial charge in [0.2, 0.25) is 5.91 Å². The quantitative estimate of drug-likeness (QED) is 0.847. The number of anilines is 1. The Morgan fingerprint density at radius 1 is 1.19 bits per heavy atom. The van der Waals surface area contributed by atoms with Crippen molar-refractivity contribution in [3.05, 3.63) is 66.0 Å². The highest BCUT2D eigenvalue weighted by atomic mass is 19.1. The van der Waals surface area contributed by atoms with Gasteiger partial charge in [-0.25, -0.2) is 4.39 Å². The summed E-state index contributed by atoms with van der Waals surface area (Å²) >= 11 is 0. The third-order valence-electron chi connectivity index (χ3n) is 2.76. The van der Waals surface area contributed by atoms with Gasteiger partial charge < -0.3 is 10.1 Å². The molecule has 0 saturated carbocycles. The Kier molecular flexibility index (Phi) is 5.10. The molecule has 0 aliphatic rings. The van der Waals surface area contributed by atoms with Crippen LogP contribution >= 0.6 is 0 Å². The van der Waals surface area contributed by atoms with E-state index in [2.05, 4.69) is 5.32 Å². The predicted octanol–water partition coefficient (Wildman–Crippen LogP) is 3.88. The monoisotopic (exact) mass is 285 g/mol. The first-order valence-corrected chi connectivity index (χ1v) is 6.66. The Labute approximate surface area is 123 Å². The number of hydrogen-bond acceptors (Lipinski definition) is 2. The predicted molar refractivity (Wildman–Crippen MR) is 81.7 cm³/mol. The summed E-state index contributed by atoms with van der Waals surface area (Å²) in [5, 5.41) is 2.49. The minimum Gasteiger partial charge on any atom is -0.493 e. The van der Waals surface area contributed by atoms with Crippen LogP contribution in [0.1, 0.15) is 12.5 Å². The van der Waals surface area contributed by atoms with Crippen molar-refractivity contribution in [3.8, 4) is 5.75 Å². The SMILES string of the molecule is CCOc1ccccc1/C=C/C(=O)Nc1ccccc1F. The van der Waals surface area contributed by atoms with E-state index in [9.17, 15) is 9.18 Å². The third-order valence-corrected chi connectivity index (χ3v) is 2.76. The van der Waals surface area contributed by atoms with E-state index >= 15 is 0 Å². The van der Waals surface area contributed by atoms with Gasteiger partial charge in [-0.15, -0.1) is 0 Å². The molecule has 0 saturated heterocycles. The Bertz CT molecular complexity index is 653. The van der Waals surface area contributed by atoms with Crippen molar-refractivity contribution in [1.29, 1.82) is 0 Å². The lowest BCUT2D eigenvalue weighted by Crippen LogP contribution is -2.09. The third kappa shape index (κ3) is 4.18. The molecule has 0 heterocycles. The number of carbonyl (C=O) groups excluding carboxylic acids is 1. The molecule has 1 amide bonds. The first-order valence-electron chi connectivity index (χ1n) is 6.66. The van der Waals surface area contributed by atoms with Crippen LogP contribution in [0.15, 0.2) is 54.6 Å². The van der Waals surface area contributed by atoms with Crippen LogP contribution in [0.2, 0.25) is 0 Å². The number of rotatable bonds is 5. The highest BCUT2D eigenvalue weighted by Gasteiger charge is 2.04. The van der Waals surface area contributed by atoms with Crippen molar-refractivity contribution >= 4 is 17.7 Å². The standard InChI is InChI=1S/C17H16FNO2/c1-2-21-16-10-6-3-7-13(16)11-12-17(20)19-15-9-5-4-8-14(15)18/h3-12H,2H2,1H3,(H,19,20)/b12-11+. The van der Waals surface area contributed by atoms with Crippen molar-refractivity contribution < 1.29 is 13.9 Å². The van der Waals surface area contributed by atoms with E-state index in [4.69, 9.17) is 4.74 Å². The van der Waals surface area contributed by atoms with Gasteiger partial charge in [-0.2, -0.15) is 0 Å². The smallest absolute Gasteiger partial charge is 0.248 e. The van der Waals surface area contributed by atoms with Crippen molar-refractivity contribution in [1.82, 2.24) is 0 Å². The number of para-hydroxylation sites is 2. The molecule has 0 spiro atoms. The summed E-state index contributed by atoms with van der Waals surface area (Å²) in [6.45, 7) is 2.44. The Morgan fingerprint density at radius 3 is 2.67 bits per heavy atom. The normalized spacial score (nSPS) is 10.6. The zero-order valence-electron chi connectivity index (χ0n) is 11.7. The number of carbonyl (C=O) groups is 1. The molecule has 0 fully saturated rings. The molecule has 2 aromatic carbocycles. The summed E-state index contributed by atoms with van der Waals surface area (Å²) in [5.41, 5.74) is 0.952. The van der Waals surface area contributed by atoms with Crippen molar-refractivity contribution in [3.63, 3.8) is 0 Å². The number of halogens is 1. The minimum absolute atomic E-state index is 0.158. The fraction of sp³-hybridized carbons (Fsp3) is 0.118. The molecule has 0 atom stereocenters. The first kappa shape index (κ1) is 14.8. The Hall–Kier alpha value is -2.62. The van der Waals surface area contributed by atoms with Crippen molar-refractivity contribution in [2.45, 2.75) is 6.92 Å². The fourth-order valence-corrected chi connectivity index (χ4v) is 1.81. The van der Waals surface area contributed by atoms with Crippen LogP contribution in [0.4, 0.5) is 10.1 Å². The average Bonchev–Trinajstić information content (AvgIpc) is 2.49. The molecule has 2 rings (SSSR count). The molecular formula is C17H16FNO2. The van der Waals surface area contributed by atoms with Gasteiger partial charge in [0, 0.05) is 11.6 Å². The van der Waals surface area contributed by atoms with E-state index in [1.807, 2.05) is 31.2 Å². The second-order valence-electron chi connectivity index (χ2n) is 4.27. The van der Waals surface area contributed by atoms with E-state index in [0.29, 0.717) is 12.4 Å². The zero-order chi connectivity index (χ0) is 15.1. The second-order valence-corrected chi connectivity index (χ2v) is 4.27. The molecule has 0 aliphatic heterocycles. The lowest BCUT2D eigenvalue weighted by molar-refractivity contribution is -0.111. The van der Waals surface area contributed by atoms with Crippen LogP contribution in [0.5, 0.6) is 5.75 Å². The molecule has 2 aromatic rings. The average molecular weight is 285 g/mol. The number of amides is 1. The number of ether oxygens (including phenoxy) is 1. The largest absolute Gasteiger partial charge is 0.493 e. The lowest BCUT2D eigenvalue weighted by atomic mass is 10.2. The van der Waals surface area contributed by atoms with Crippen LogP contribution in [-0.2, 0) is 4.79 Å². The van der Waals surface area contributed by atoms with Gasteiger partial charge in [-0.1, -0.05) is 30.3 Å². The van der Waals surface area contributed by atoms with Crippen LogP contribution in [0.3, 0.4) is 0 Å². The van der Waals surface area contributed by atoms with Gasteiger partial charge in [-0.05, 0) is 31.2 Å². The summed E-state index contributed by atoms with van der Waals surface area (Å²) in [6, 6.07) is 13.4. The van der Waals surface area contributed by atoms with Crippen LogP contribution < -0.4 is 10.1 Å². The maximum atomic E-state index is 13.4. The Balaban J connectivity index is 2.07. The maximum absolute atomic E-state index is 13.4. The minimum atomic E-state index is -0.464. The molecule has 0 aromatic heterocycles. The van der Waals surface area contributed by atoms with Gasteiger partial charge in [0.15, 0.2) is 0 Å². The van der Waals surface area contributed by atoms with E-state index in [1.165, 1.54) is 18.2 Å². The van der Waals surface area contributed by atoms with E-state index < -0.39 is 11.7 Å². The maximum Gasteiger partial charge on any atom is 0.248 e. The molecule has 108 valence electrons. The molecular weight excluding hydrogens is 269 g/mol. The number of nitrogens with one attached hydrogen (secondary N) is 1. The molecule has 0 radical (unpaired) electrons. The molecule has 3 nitrogen and oxygen atoms in total. The molecule has 0 aliphatic carbocycles. The van der Waals surface area contributed by atoms with Crippen molar-refractivity contribution in [2.75, 3.05) is 11.9 Å². The van der Waals surface area contributed by atoms with E-state index in [0.717, 1.165) is 5.56 Å². The summed E-state index contributed by atoms with van der Waals surface area (Å²) in [6.07, 6.45) is 2.99. The topological polar surface area (TPSA) is 38.3 Å². The molecule has 4 heteroatoms. The van der Waals surface area contributed by atoms with E-state index in [1.54, 1.807) is 18.2 Å². The molecule has 0 unspecified atom stereocenters. The fourth-order valence-electron chi connectivity index (χ4n) is 1.81. The van der Waals surface area contributed by atoms with Gasteiger partial charge in [-0.3, -0.25) is 4.79 Å². The summed E-state index contributed by atoms with van der Waals surface area (Å²) in [5.74, 6) is -0.157. The number of hydrogen-bond donors (Lipinski definition) is 1. The van der Waals surface area contributed by atoms with Crippen LogP contribution in [0.25, 0.3) is 6.08 Å². The van der Waals surface area contributed by atoms with Gasteiger partial charge >= 0.3 is 0 Å². The lowest BCUT2D eigenvalue weighted by Gasteiger charge is -2.06. The summed E-state index contributed by atoms with van der Waals surface area (Å²) in [4.78, 5) is 11.8. The van der Waals surface area contributed by atoms with Crippen LogP contribution in [-0.4, -0.2) is 12.5 Å². The molecule has 21 heavy (non-hydrogen) atoms. The van der Waals surface area contributed by atoms with Crippen molar-refractivity contribution in [2.24, 2.45) is 0 Å². The Morgan fingerprint density at radius 2 is 1.90 bits per heavy atom. The highest BCUT2D eigenvalue weighted by molar-refractivity contribution is 6.02. The summed E-state index contributed by atoms with van der Waals surface area (Å²) in [7, 11) is 0. The first-order chi connectivity index (χ1) is 10.2. The molecule has 0 bridgehead atoms. The highest BCUT2D eigenvalue weighted by Crippen LogP contribution is 2.19. The van der Waals surface area contributed by atoms with Crippen LogP contribution in [0, 0.1) is 5.82 Å². The van der Waals surface area contributed by atoms with Gasteiger partial charge in [0.05, 0.1) is 12.3 Å². The summed E-state index contributed by atoms with van der Waals surface area (Å²) < 4.78 is 18.9. The van der Waals surface area contributed by atoms with E-state index in [-0.39, 0.29) is 5.69 Å². The van der Waals surface area contributed by atoms with Gasteiger partial charge in [0.1, 0.15) is 11.6 Å². The molecule has 1 N–H and O–H groups in total. The number of benzene rings is 2. The second kappa shape index (κ2) is 7.24.